The Bertz CT molecular complexity index is 529. The Balaban J connectivity index is 1.80. The maximum Gasteiger partial charge on any atom is 0.103 e. The summed E-state index contributed by atoms with van der Waals surface area (Å²) in [6.07, 6.45) is 12.4. The van der Waals surface area contributed by atoms with Gasteiger partial charge < -0.3 is 9.80 Å². The topological polar surface area (TPSA) is 19.4 Å². The molecule has 3 nitrogen and oxygen atoms in total. The molecule has 0 N–H and O–H groups in total. The van der Waals surface area contributed by atoms with Crippen molar-refractivity contribution in [2.24, 2.45) is 0 Å². The van der Waals surface area contributed by atoms with E-state index in [1.54, 1.807) is 0 Å². The van der Waals surface area contributed by atoms with Crippen molar-refractivity contribution in [2.45, 2.75) is 71.5 Å². The predicted octanol–water partition coefficient (Wildman–Crippen LogP) is 4.40. The van der Waals surface area contributed by atoms with Gasteiger partial charge in [0.05, 0.1) is 11.9 Å². The molecule has 0 unspecified atom stereocenters. The highest BCUT2D eigenvalue weighted by Gasteiger charge is 2.31. The molecule has 1 aliphatic carbocycles. The quantitative estimate of drug-likeness (QED) is 0.821. The van der Waals surface area contributed by atoms with E-state index in [1.165, 1.54) is 42.6 Å². The third kappa shape index (κ3) is 2.66. The Morgan fingerprint density at radius 3 is 2.52 bits per heavy atom. The first kappa shape index (κ1) is 14.4. The van der Waals surface area contributed by atoms with Gasteiger partial charge in [0, 0.05) is 24.1 Å². The Labute approximate surface area is 128 Å². The van der Waals surface area contributed by atoms with Gasteiger partial charge in [0.2, 0.25) is 0 Å². The third-order valence-corrected chi connectivity index (χ3v) is 4.95. The average Bonchev–Trinajstić information content (AvgIpc) is 3.08. The number of nitrogens with zero attached hydrogens (tertiary/aromatic N) is 3. The summed E-state index contributed by atoms with van der Waals surface area (Å²) in [7, 11) is 0. The minimum absolute atomic E-state index is 0.401. The van der Waals surface area contributed by atoms with Gasteiger partial charge >= 0.3 is 0 Å². The van der Waals surface area contributed by atoms with Crippen LogP contribution in [0, 0.1) is 6.92 Å². The number of rotatable bonds is 3. The van der Waals surface area contributed by atoms with Crippen LogP contribution in [-0.2, 0) is 0 Å². The van der Waals surface area contributed by atoms with E-state index >= 15 is 0 Å². The molecule has 0 aromatic carbocycles. The fourth-order valence-electron chi connectivity index (χ4n) is 3.61. The molecule has 3 heteroatoms. The molecule has 21 heavy (non-hydrogen) atoms. The lowest BCUT2D eigenvalue weighted by molar-refractivity contribution is 0.237. The van der Waals surface area contributed by atoms with Crippen molar-refractivity contribution in [1.29, 1.82) is 0 Å². The molecule has 0 radical (unpaired) electrons. The largest absolute Gasteiger partial charge is 0.353 e. The summed E-state index contributed by atoms with van der Waals surface area (Å²) in [5.74, 6) is 0.485. The summed E-state index contributed by atoms with van der Waals surface area (Å²) in [6.45, 7) is 8.89. The molecule has 3 rings (SSSR count). The van der Waals surface area contributed by atoms with Crippen molar-refractivity contribution in [3.8, 4) is 0 Å². The fourth-order valence-corrected chi connectivity index (χ4v) is 3.61. The molecule has 1 aliphatic heterocycles. The second-order valence-corrected chi connectivity index (χ2v) is 6.77. The normalized spacial score (nSPS) is 22.8. The van der Waals surface area contributed by atoms with Gasteiger partial charge in [-0.1, -0.05) is 26.7 Å². The van der Waals surface area contributed by atoms with Crippen molar-refractivity contribution in [2.75, 3.05) is 4.90 Å². The highest BCUT2D eigenvalue weighted by molar-refractivity contribution is 5.56. The lowest BCUT2D eigenvalue weighted by Gasteiger charge is -2.34. The first-order valence-corrected chi connectivity index (χ1v) is 8.28. The van der Waals surface area contributed by atoms with Gasteiger partial charge in [-0.25, -0.2) is 0 Å². The summed E-state index contributed by atoms with van der Waals surface area (Å²) in [5.41, 5.74) is 3.74. The molecule has 0 amide bonds. The van der Waals surface area contributed by atoms with Crippen LogP contribution in [0.15, 0.2) is 24.7 Å². The van der Waals surface area contributed by atoms with Crippen LogP contribution in [0.25, 0.3) is 0 Å². The van der Waals surface area contributed by atoms with Crippen molar-refractivity contribution in [3.63, 3.8) is 0 Å². The standard InChI is InChI=1S/C18H27N3/c1-13(2)17-11-14(3)18(12-19-17)21-10-9-20(15(21)4)16-7-5-6-8-16/h9-13,15-16H,5-8H2,1-4H3/t15-/m1/s1. The first-order valence-electron chi connectivity index (χ1n) is 8.28. The van der Waals surface area contributed by atoms with Crippen LogP contribution in [0.4, 0.5) is 5.69 Å². The third-order valence-electron chi connectivity index (χ3n) is 4.95. The zero-order valence-corrected chi connectivity index (χ0v) is 13.7. The molecule has 0 saturated heterocycles. The molecule has 2 heterocycles. The molecule has 2 aliphatic rings. The lowest BCUT2D eigenvalue weighted by Crippen LogP contribution is -2.41. The summed E-state index contributed by atoms with van der Waals surface area (Å²) >= 11 is 0. The molecule has 0 spiro atoms. The molecular formula is C18H27N3. The zero-order valence-electron chi connectivity index (χ0n) is 13.7. The van der Waals surface area contributed by atoms with Crippen LogP contribution < -0.4 is 4.90 Å². The van der Waals surface area contributed by atoms with Crippen LogP contribution in [0.1, 0.15) is 63.6 Å². The number of hydrogen-bond donors (Lipinski definition) is 0. The monoisotopic (exact) mass is 285 g/mol. The second-order valence-electron chi connectivity index (χ2n) is 6.77. The van der Waals surface area contributed by atoms with E-state index in [9.17, 15) is 0 Å². The van der Waals surface area contributed by atoms with E-state index in [-0.39, 0.29) is 0 Å². The zero-order chi connectivity index (χ0) is 15.0. The van der Waals surface area contributed by atoms with E-state index in [2.05, 4.69) is 60.9 Å². The van der Waals surface area contributed by atoms with Crippen molar-refractivity contribution in [3.05, 3.63) is 35.9 Å². The van der Waals surface area contributed by atoms with Gasteiger partial charge in [-0.2, -0.15) is 0 Å². The molecule has 1 atom stereocenters. The maximum atomic E-state index is 4.65. The van der Waals surface area contributed by atoms with Crippen LogP contribution in [-0.4, -0.2) is 22.1 Å². The number of hydrogen-bond acceptors (Lipinski definition) is 3. The molecular weight excluding hydrogens is 258 g/mol. The predicted molar refractivity (Wildman–Crippen MR) is 88.2 cm³/mol. The van der Waals surface area contributed by atoms with Crippen molar-refractivity contribution < 1.29 is 0 Å². The smallest absolute Gasteiger partial charge is 0.103 e. The Kier molecular flexibility index (Phi) is 3.92. The Hall–Kier alpha value is -1.51. The van der Waals surface area contributed by atoms with E-state index < -0.39 is 0 Å². The Morgan fingerprint density at radius 1 is 1.19 bits per heavy atom. The summed E-state index contributed by atoms with van der Waals surface area (Å²) < 4.78 is 0. The summed E-state index contributed by atoms with van der Waals surface area (Å²) in [6, 6.07) is 2.96. The van der Waals surface area contributed by atoms with Gasteiger partial charge in [0.15, 0.2) is 0 Å². The minimum Gasteiger partial charge on any atom is -0.353 e. The number of aromatic nitrogens is 1. The summed E-state index contributed by atoms with van der Waals surface area (Å²) in [5, 5.41) is 0. The number of pyridine rings is 1. The highest BCUT2D eigenvalue weighted by atomic mass is 15.4. The summed E-state index contributed by atoms with van der Waals surface area (Å²) in [4.78, 5) is 9.54. The average molecular weight is 285 g/mol. The number of aryl methyl sites for hydroxylation is 1. The highest BCUT2D eigenvalue weighted by Crippen LogP contribution is 2.33. The van der Waals surface area contributed by atoms with E-state index in [1.807, 2.05) is 6.20 Å². The minimum atomic E-state index is 0.401. The van der Waals surface area contributed by atoms with Crippen LogP contribution in [0.3, 0.4) is 0 Å². The second kappa shape index (κ2) is 5.70. The maximum absolute atomic E-state index is 4.65. The number of anilines is 1. The van der Waals surface area contributed by atoms with Crippen LogP contribution >= 0.6 is 0 Å². The molecule has 1 aromatic heterocycles. The van der Waals surface area contributed by atoms with E-state index in [0.29, 0.717) is 12.1 Å². The fraction of sp³-hybridized carbons (Fsp3) is 0.611. The van der Waals surface area contributed by atoms with Gasteiger partial charge in [-0.05, 0) is 44.2 Å². The van der Waals surface area contributed by atoms with Gasteiger partial charge in [-0.3, -0.25) is 4.98 Å². The van der Waals surface area contributed by atoms with Crippen molar-refractivity contribution in [1.82, 2.24) is 9.88 Å². The molecule has 1 saturated carbocycles. The molecule has 1 fully saturated rings. The molecule has 114 valence electrons. The SMILES string of the molecule is Cc1cc(C(C)C)ncc1N1C=CN(C2CCCC2)[C@H]1C. The van der Waals surface area contributed by atoms with Crippen LogP contribution in [0.5, 0.6) is 0 Å². The van der Waals surface area contributed by atoms with Crippen LogP contribution in [0.2, 0.25) is 0 Å². The van der Waals surface area contributed by atoms with Gasteiger partial charge in [-0.15, -0.1) is 0 Å². The van der Waals surface area contributed by atoms with E-state index in [4.69, 9.17) is 0 Å². The van der Waals surface area contributed by atoms with Gasteiger partial charge in [0.1, 0.15) is 6.17 Å². The van der Waals surface area contributed by atoms with E-state index in [0.717, 1.165) is 6.04 Å². The molecule has 1 aromatic rings. The lowest BCUT2D eigenvalue weighted by atomic mass is 10.1. The van der Waals surface area contributed by atoms with Crippen molar-refractivity contribution >= 4 is 5.69 Å². The first-order chi connectivity index (χ1) is 10.1. The Morgan fingerprint density at radius 2 is 1.90 bits per heavy atom. The molecule has 0 bridgehead atoms. The van der Waals surface area contributed by atoms with Gasteiger partial charge in [0.25, 0.3) is 0 Å².